The highest BCUT2D eigenvalue weighted by Crippen LogP contribution is 2.15. The third kappa shape index (κ3) is 2.82. The van der Waals surface area contributed by atoms with Gasteiger partial charge in [0.1, 0.15) is 10.8 Å². The maximum Gasteiger partial charge on any atom is 0.275 e. The van der Waals surface area contributed by atoms with Gasteiger partial charge in [-0.3, -0.25) is 4.79 Å². The van der Waals surface area contributed by atoms with Crippen molar-refractivity contribution in [2.24, 2.45) is 0 Å². The molecular weight excluding hydrogens is 254 g/mol. The molecule has 1 amide bonds. The van der Waals surface area contributed by atoms with Crippen LogP contribution in [-0.2, 0) is 6.61 Å². The highest BCUT2D eigenvalue weighted by Gasteiger charge is 2.10. The van der Waals surface area contributed by atoms with Gasteiger partial charge in [0.15, 0.2) is 0 Å². The molecule has 2 rings (SSSR count). The van der Waals surface area contributed by atoms with E-state index < -0.39 is 5.91 Å². The zero-order chi connectivity index (χ0) is 13.0. The Labute approximate surface area is 108 Å². The maximum absolute atomic E-state index is 11.9. The van der Waals surface area contributed by atoms with Crippen LogP contribution < -0.4 is 5.32 Å². The van der Waals surface area contributed by atoms with Gasteiger partial charge in [0.2, 0.25) is 0 Å². The van der Waals surface area contributed by atoms with Crippen LogP contribution in [0.15, 0.2) is 36.7 Å². The van der Waals surface area contributed by atoms with Crippen LogP contribution in [0.1, 0.15) is 16.1 Å². The largest absolute Gasteiger partial charge is 0.392 e. The number of benzene rings is 1. The molecule has 1 aromatic heterocycles. The molecule has 1 heterocycles. The number of aliphatic hydroxyl groups excluding tert-OH is 1. The number of carbonyl (C=O) groups is 1. The summed E-state index contributed by atoms with van der Waals surface area (Å²) in [5.74, 6) is -0.403. The van der Waals surface area contributed by atoms with Gasteiger partial charge in [0, 0.05) is 11.3 Å². The topological polar surface area (TPSA) is 75.1 Å². The summed E-state index contributed by atoms with van der Waals surface area (Å²) < 4.78 is 0. The van der Waals surface area contributed by atoms with Gasteiger partial charge in [-0.2, -0.15) is 0 Å². The summed E-state index contributed by atoms with van der Waals surface area (Å²) in [7, 11) is 0. The smallest absolute Gasteiger partial charge is 0.275 e. The number of aliphatic hydroxyl groups is 1. The lowest BCUT2D eigenvalue weighted by Crippen LogP contribution is -2.15. The lowest BCUT2D eigenvalue weighted by Gasteiger charge is -2.08. The van der Waals surface area contributed by atoms with Crippen LogP contribution in [0.5, 0.6) is 0 Å². The first-order valence-electron chi connectivity index (χ1n) is 5.18. The molecule has 0 saturated heterocycles. The molecular formula is C12H10ClN3O2. The van der Waals surface area contributed by atoms with Crippen LogP contribution in [0.2, 0.25) is 5.15 Å². The third-order valence-electron chi connectivity index (χ3n) is 2.29. The van der Waals surface area contributed by atoms with E-state index in [1.54, 1.807) is 24.3 Å². The summed E-state index contributed by atoms with van der Waals surface area (Å²) in [6.45, 7) is -0.150. The Hall–Kier alpha value is -1.98. The number of para-hydroxylation sites is 1. The van der Waals surface area contributed by atoms with Crippen molar-refractivity contribution in [3.05, 3.63) is 53.1 Å². The fraction of sp³-hybridized carbons (Fsp3) is 0.0833. The summed E-state index contributed by atoms with van der Waals surface area (Å²) >= 11 is 5.59. The molecule has 6 heteroatoms. The van der Waals surface area contributed by atoms with Crippen LogP contribution in [-0.4, -0.2) is 21.0 Å². The number of halogens is 1. The van der Waals surface area contributed by atoms with Crippen LogP contribution in [0.4, 0.5) is 5.69 Å². The van der Waals surface area contributed by atoms with Gasteiger partial charge in [-0.25, -0.2) is 9.97 Å². The molecule has 2 N–H and O–H groups in total. The molecule has 0 radical (unpaired) electrons. The minimum atomic E-state index is -0.403. The Morgan fingerprint density at radius 3 is 2.72 bits per heavy atom. The first-order valence-corrected chi connectivity index (χ1v) is 5.56. The minimum Gasteiger partial charge on any atom is -0.392 e. The first-order chi connectivity index (χ1) is 8.70. The van der Waals surface area contributed by atoms with Crippen molar-refractivity contribution in [1.29, 1.82) is 0 Å². The number of amides is 1. The summed E-state index contributed by atoms with van der Waals surface area (Å²) in [5, 5.41) is 12.0. The number of rotatable bonds is 3. The van der Waals surface area contributed by atoms with Gasteiger partial charge in [-0.15, -0.1) is 0 Å². The van der Waals surface area contributed by atoms with Crippen molar-refractivity contribution in [1.82, 2.24) is 9.97 Å². The van der Waals surface area contributed by atoms with Gasteiger partial charge in [-0.1, -0.05) is 29.8 Å². The van der Waals surface area contributed by atoms with Crippen molar-refractivity contribution < 1.29 is 9.90 Å². The normalized spacial score (nSPS) is 10.1. The molecule has 0 saturated carbocycles. The number of hydrogen-bond donors (Lipinski definition) is 2. The summed E-state index contributed by atoms with van der Waals surface area (Å²) in [5.41, 5.74) is 1.33. The molecule has 0 spiro atoms. The second-order valence-corrected chi connectivity index (χ2v) is 3.88. The zero-order valence-corrected chi connectivity index (χ0v) is 10.1. The van der Waals surface area contributed by atoms with Gasteiger partial charge in [0.05, 0.1) is 19.0 Å². The van der Waals surface area contributed by atoms with Gasteiger partial charge in [0.25, 0.3) is 5.91 Å². The molecule has 0 atom stereocenters. The van der Waals surface area contributed by atoms with Crippen molar-refractivity contribution in [3.63, 3.8) is 0 Å². The average Bonchev–Trinajstić information content (AvgIpc) is 2.40. The van der Waals surface area contributed by atoms with Gasteiger partial charge < -0.3 is 10.4 Å². The Morgan fingerprint density at radius 2 is 2.06 bits per heavy atom. The van der Waals surface area contributed by atoms with Crippen molar-refractivity contribution in [2.75, 3.05) is 5.32 Å². The van der Waals surface area contributed by atoms with Crippen molar-refractivity contribution in [3.8, 4) is 0 Å². The number of anilines is 1. The van der Waals surface area contributed by atoms with E-state index in [-0.39, 0.29) is 17.5 Å². The molecule has 0 fully saturated rings. The molecule has 1 aromatic carbocycles. The maximum atomic E-state index is 11.9. The first kappa shape index (κ1) is 12.5. The van der Waals surface area contributed by atoms with E-state index in [4.69, 9.17) is 16.7 Å². The molecule has 0 bridgehead atoms. The van der Waals surface area contributed by atoms with E-state index in [1.807, 2.05) is 0 Å². The fourth-order valence-corrected chi connectivity index (χ4v) is 1.49. The van der Waals surface area contributed by atoms with Crippen LogP contribution in [0, 0.1) is 0 Å². The Balaban J connectivity index is 2.18. The molecule has 5 nitrogen and oxygen atoms in total. The van der Waals surface area contributed by atoms with E-state index in [2.05, 4.69) is 15.3 Å². The number of nitrogens with one attached hydrogen (secondary N) is 1. The lowest BCUT2D eigenvalue weighted by molar-refractivity contribution is 0.102. The zero-order valence-electron chi connectivity index (χ0n) is 9.30. The van der Waals surface area contributed by atoms with Crippen molar-refractivity contribution in [2.45, 2.75) is 6.61 Å². The SMILES string of the molecule is O=C(Nc1ccccc1CO)c1cnc(Cl)cn1. The fourth-order valence-electron chi connectivity index (χ4n) is 1.40. The third-order valence-corrected chi connectivity index (χ3v) is 2.48. The Morgan fingerprint density at radius 1 is 1.28 bits per heavy atom. The van der Waals surface area contributed by atoms with Crippen LogP contribution in [0.25, 0.3) is 0 Å². The highest BCUT2D eigenvalue weighted by molar-refractivity contribution is 6.29. The van der Waals surface area contributed by atoms with Gasteiger partial charge in [-0.05, 0) is 6.07 Å². The Kier molecular flexibility index (Phi) is 3.86. The molecule has 0 aliphatic heterocycles. The predicted molar refractivity (Wildman–Crippen MR) is 67.4 cm³/mol. The van der Waals surface area contributed by atoms with Crippen LogP contribution >= 0.6 is 11.6 Å². The molecule has 0 aliphatic rings. The van der Waals surface area contributed by atoms with E-state index in [9.17, 15) is 4.79 Å². The quantitative estimate of drug-likeness (QED) is 0.887. The monoisotopic (exact) mass is 263 g/mol. The Bertz CT molecular complexity index is 558. The second kappa shape index (κ2) is 5.57. The molecule has 18 heavy (non-hydrogen) atoms. The van der Waals surface area contributed by atoms with Gasteiger partial charge >= 0.3 is 0 Å². The van der Waals surface area contributed by atoms with Crippen molar-refractivity contribution >= 4 is 23.2 Å². The lowest BCUT2D eigenvalue weighted by atomic mass is 10.2. The van der Waals surface area contributed by atoms with E-state index in [0.29, 0.717) is 11.3 Å². The predicted octanol–water partition coefficient (Wildman–Crippen LogP) is 1.87. The summed E-state index contributed by atoms with van der Waals surface area (Å²) in [4.78, 5) is 19.5. The molecule has 0 aliphatic carbocycles. The van der Waals surface area contributed by atoms with E-state index >= 15 is 0 Å². The standard InChI is InChI=1S/C12H10ClN3O2/c13-11-6-14-10(5-15-11)12(18)16-9-4-2-1-3-8(9)7-17/h1-6,17H,7H2,(H,16,18). The van der Waals surface area contributed by atoms with E-state index in [1.165, 1.54) is 12.4 Å². The highest BCUT2D eigenvalue weighted by atomic mass is 35.5. The molecule has 0 unspecified atom stereocenters. The molecule has 2 aromatic rings. The summed E-state index contributed by atoms with van der Waals surface area (Å²) in [6.07, 6.45) is 2.59. The average molecular weight is 264 g/mol. The number of aromatic nitrogens is 2. The minimum absolute atomic E-state index is 0.150. The molecule has 92 valence electrons. The van der Waals surface area contributed by atoms with E-state index in [0.717, 1.165) is 0 Å². The van der Waals surface area contributed by atoms with Crippen LogP contribution in [0.3, 0.4) is 0 Å². The number of carbonyl (C=O) groups excluding carboxylic acids is 1. The number of nitrogens with zero attached hydrogens (tertiary/aromatic N) is 2. The second-order valence-electron chi connectivity index (χ2n) is 3.49. The summed E-state index contributed by atoms with van der Waals surface area (Å²) in [6, 6.07) is 6.97. The number of hydrogen-bond acceptors (Lipinski definition) is 4.